The predicted octanol–water partition coefficient (Wildman–Crippen LogP) is 3.75. The number of hydrogen-bond donors (Lipinski definition) is 1. The number of benzene rings is 1. The highest BCUT2D eigenvalue weighted by Gasteiger charge is 2.40. The number of aromatic nitrogens is 6. The summed E-state index contributed by atoms with van der Waals surface area (Å²) in [5.74, 6) is -0.218. The summed E-state index contributed by atoms with van der Waals surface area (Å²) in [5.41, 5.74) is 3.02. The highest BCUT2D eigenvalue weighted by Crippen LogP contribution is 2.38. The van der Waals surface area contributed by atoms with Crippen molar-refractivity contribution in [2.24, 2.45) is 0 Å². The molecule has 6 rings (SSSR count). The van der Waals surface area contributed by atoms with E-state index in [-0.39, 0.29) is 23.6 Å². The quantitative estimate of drug-likeness (QED) is 0.457. The van der Waals surface area contributed by atoms with E-state index in [1.165, 1.54) is 0 Å². The summed E-state index contributed by atoms with van der Waals surface area (Å²) < 4.78 is 5.72. The summed E-state index contributed by atoms with van der Waals surface area (Å²) in [4.78, 5) is 32.0. The predicted molar refractivity (Wildman–Crippen MR) is 119 cm³/mol. The normalized spacial score (nSPS) is 17.8. The maximum absolute atomic E-state index is 13.6. The van der Waals surface area contributed by atoms with Crippen molar-refractivity contribution in [2.75, 3.05) is 6.54 Å². The summed E-state index contributed by atoms with van der Waals surface area (Å²) in [6.45, 7) is 2.48. The Labute approximate surface area is 188 Å². The van der Waals surface area contributed by atoms with Gasteiger partial charge in [0.15, 0.2) is 0 Å². The van der Waals surface area contributed by atoms with Crippen LogP contribution in [0.3, 0.4) is 0 Å². The molecular weight excluding hydrogens is 418 g/mol. The van der Waals surface area contributed by atoms with Gasteiger partial charge < -0.3 is 14.3 Å². The van der Waals surface area contributed by atoms with Crippen LogP contribution in [0.4, 0.5) is 0 Å². The zero-order valence-electron chi connectivity index (χ0n) is 17.7. The van der Waals surface area contributed by atoms with Crippen LogP contribution in [0.25, 0.3) is 22.4 Å². The molecular formula is C24H19N7O2. The second-order valence-corrected chi connectivity index (χ2v) is 8.05. The molecule has 9 nitrogen and oxygen atoms in total. The largest absolute Gasteiger partial charge is 0.411 e. The molecule has 0 unspecified atom stereocenters. The van der Waals surface area contributed by atoms with Crippen molar-refractivity contribution in [2.45, 2.75) is 18.9 Å². The van der Waals surface area contributed by atoms with Gasteiger partial charge in [-0.2, -0.15) is 0 Å². The third-order valence-electron chi connectivity index (χ3n) is 5.91. The van der Waals surface area contributed by atoms with Crippen LogP contribution in [-0.2, 0) is 0 Å². The van der Waals surface area contributed by atoms with E-state index in [4.69, 9.17) is 9.40 Å². The molecule has 162 valence electrons. The van der Waals surface area contributed by atoms with Crippen LogP contribution >= 0.6 is 0 Å². The number of carbonyl (C=O) groups excluding carboxylic acids is 1. The Morgan fingerprint density at radius 1 is 1.06 bits per heavy atom. The topological polar surface area (TPSA) is 114 Å². The van der Waals surface area contributed by atoms with Crippen LogP contribution < -0.4 is 0 Å². The molecule has 5 aromatic rings. The molecule has 0 bridgehead atoms. The summed E-state index contributed by atoms with van der Waals surface area (Å²) >= 11 is 0. The van der Waals surface area contributed by atoms with Crippen LogP contribution in [0, 0.1) is 0 Å². The number of nitrogens with one attached hydrogen (secondary N) is 1. The fourth-order valence-electron chi connectivity index (χ4n) is 4.35. The van der Waals surface area contributed by atoms with Crippen molar-refractivity contribution < 1.29 is 9.21 Å². The smallest absolute Gasteiger partial charge is 0.312 e. The van der Waals surface area contributed by atoms with Crippen molar-refractivity contribution in [3.63, 3.8) is 0 Å². The first-order chi connectivity index (χ1) is 16.2. The molecule has 1 amide bonds. The Morgan fingerprint density at radius 2 is 1.91 bits per heavy atom. The van der Waals surface area contributed by atoms with Gasteiger partial charge >= 0.3 is 11.8 Å². The number of rotatable bonds is 3. The van der Waals surface area contributed by atoms with E-state index in [9.17, 15) is 4.79 Å². The molecule has 1 aliphatic rings. The number of imidazole rings is 1. The molecule has 2 atom stereocenters. The van der Waals surface area contributed by atoms with Gasteiger partial charge in [0.25, 0.3) is 5.89 Å². The van der Waals surface area contributed by atoms with Crippen LogP contribution in [0.5, 0.6) is 0 Å². The van der Waals surface area contributed by atoms with E-state index in [2.05, 4.69) is 25.1 Å². The van der Waals surface area contributed by atoms with E-state index in [1.54, 1.807) is 29.6 Å². The van der Waals surface area contributed by atoms with Gasteiger partial charge in [-0.3, -0.25) is 14.8 Å². The zero-order chi connectivity index (χ0) is 22.4. The Hall–Kier alpha value is -4.40. The first-order valence-electron chi connectivity index (χ1n) is 10.6. The van der Waals surface area contributed by atoms with Crippen LogP contribution in [0.1, 0.15) is 46.7 Å². The molecule has 5 heterocycles. The highest BCUT2D eigenvalue weighted by atomic mass is 16.4. The van der Waals surface area contributed by atoms with Gasteiger partial charge in [-0.25, -0.2) is 4.98 Å². The number of H-pyrrole nitrogens is 1. The number of fused-ring (bicyclic) bond motifs is 2. The van der Waals surface area contributed by atoms with Crippen LogP contribution in [0.2, 0.25) is 0 Å². The number of amides is 1. The van der Waals surface area contributed by atoms with Crippen molar-refractivity contribution in [1.29, 1.82) is 0 Å². The number of pyridine rings is 2. The lowest BCUT2D eigenvalue weighted by Gasteiger charge is -2.36. The minimum atomic E-state index is -0.457. The number of aromatic amines is 1. The fraction of sp³-hybridized carbons (Fsp3) is 0.167. The third kappa shape index (κ3) is 3.25. The molecule has 0 saturated carbocycles. The maximum atomic E-state index is 13.6. The molecule has 33 heavy (non-hydrogen) atoms. The van der Waals surface area contributed by atoms with Crippen molar-refractivity contribution in [3.8, 4) is 11.6 Å². The maximum Gasteiger partial charge on any atom is 0.312 e. The molecule has 0 aliphatic carbocycles. The Balaban J connectivity index is 1.43. The molecule has 9 heteroatoms. The van der Waals surface area contributed by atoms with Gasteiger partial charge in [0.05, 0.1) is 23.4 Å². The average molecular weight is 437 g/mol. The zero-order valence-corrected chi connectivity index (χ0v) is 17.7. The Morgan fingerprint density at radius 3 is 2.76 bits per heavy atom. The molecule has 1 aliphatic heterocycles. The highest BCUT2D eigenvalue weighted by molar-refractivity contribution is 5.91. The van der Waals surface area contributed by atoms with Crippen molar-refractivity contribution in [3.05, 3.63) is 90.2 Å². The molecule has 0 spiro atoms. The minimum absolute atomic E-state index is 0.0325. The molecule has 0 radical (unpaired) electrons. The van der Waals surface area contributed by atoms with Gasteiger partial charge in [-0.15, -0.1) is 10.2 Å². The lowest BCUT2D eigenvalue weighted by Crippen LogP contribution is -2.42. The monoisotopic (exact) mass is 437 g/mol. The van der Waals surface area contributed by atoms with Crippen LogP contribution in [0.15, 0.2) is 71.7 Å². The minimum Gasteiger partial charge on any atom is -0.411 e. The van der Waals surface area contributed by atoms with Crippen molar-refractivity contribution in [1.82, 2.24) is 35.0 Å². The molecule has 4 aromatic heterocycles. The van der Waals surface area contributed by atoms with Crippen LogP contribution in [-0.4, -0.2) is 47.5 Å². The Kier molecular flexibility index (Phi) is 4.46. The van der Waals surface area contributed by atoms with Crippen molar-refractivity contribution >= 4 is 16.7 Å². The first-order valence-corrected chi connectivity index (χ1v) is 10.6. The standard InChI is InChI=1S/C24H19N7O2/c1-14-12-31(24(32)23-30-29-22(33-23)17-8-4-5-9-25-17)21(20-19(14)27-13-28-20)18-10-15-6-2-3-7-16(15)11-26-18/h2-11,13-14,21H,12H2,1H3,(H,27,28)/t14-,21+/m1/s1. The first kappa shape index (κ1) is 19.3. The number of hydrogen-bond acceptors (Lipinski definition) is 7. The van der Waals surface area contributed by atoms with E-state index in [0.29, 0.717) is 12.2 Å². The molecule has 0 saturated heterocycles. The summed E-state index contributed by atoms with van der Waals surface area (Å²) in [5, 5.41) is 10.1. The lowest BCUT2D eigenvalue weighted by atomic mass is 9.92. The number of nitrogens with zero attached hydrogens (tertiary/aromatic N) is 6. The van der Waals surface area contributed by atoms with E-state index in [0.717, 1.165) is 27.9 Å². The SMILES string of the molecule is C[C@@H]1CN(C(=O)c2nnc(-c3ccccn3)o2)[C@@H](c2cc3ccccc3cn2)c2[nH]cnc21. The van der Waals surface area contributed by atoms with Gasteiger partial charge in [0.1, 0.15) is 11.7 Å². The van der Waals surface area contributed by atoms with Gasteiger partial charge in [0.2, 0.25) is 0 Å². The van der Waals surface area contributed by atoms with E-state index < -0.39 is 6.04 Å². The second kappa shape index (κ2) is 7.63. The van der Waals surface area contributed by atoms with Gasteiger partial charge in [0, 0.05) is 30.2 Å². The average Bonchev–Trinajstić information content (AvgIpc) is 3.55. The molecule has 0 fully saturated rings. The van der Waals surface area contributed by atoms with Gasteiger partial charge in [-0.05, 0) is 23.6 Å². The molecule has 1 aromatic carbocycles. The Bertz CT molecular complexity index is 1460. The summed E-state index contributed by atoms with van der Waals surface area (Å²) in [6.07, 6.45) is 5.12. The third-order valence-corrected chi connectivity index (χ3v) is 5.91. The number of carbonyl (C=O) groups is 1. The molecule has 1 N–H and O–H groups in total. The van der Waals surface area contributed by atoms with Gasteiger partial charge in [-0.1, -0.05) is 37.3 Å². The van der Waals surface area contributed by atoms with E-state index in [1.807, 2.05) is 49.5 Å². The second-order valence-electron chi connectivity index (χ2n) is 8.05. The summed E-state index contributed by atoms with van der Waals surface area (Å²) in [6, 6.07) is 14.9. The fourth-order valence-corrected chi connectivity index (χ4v) is 4.35. The lowest BCUT2D eigenvalue weighted by molar-refractivity contribution is 0.0629. The summed E-state index contributed by atoms with van der Waals surface area (Å²) in [7, 11) is 0. The van der Waals surface area contributed by atoms with E-state index >= 15 is 0 Å².